The number of ether oxygens (including phenoxy) is 3. The van der Waals surface area contributed by atoms with Crippen molar-refractivity contribution in [3.63, 3.8) is 0 Å². The molecular weight excluding hydrogens is 310 g/mol. The molecule has 0 atom stereocenters. The van der Waals surface area contributed by atoms with E-state index in [2.05, 4.69) is 5.32 Å². The van der Waals surface area contributed by atoms with Crippen molar-refractivity contribution in [1.29, 1.82) is 0 Å². The summed E-state index contributed by atoms with van der Waals surface area (Å²) in [6.07, 6.45) is 3.87. The van der Waals surface area contributed by atoms with Gasteiger partial charge in [-0.1, -0.05) is 12.8 Å². The highest BCUT2D eigenvalue weighted by atomic mass is 16.5. The molecule has 6 heteroatoms. The molecule has 0 spiro atoms. The van der Waals surface area contributed by atoms with Gasteiger partial charge in [0.1, 0.15) is 18.1 Å². The molecule has 0 heterocycles. The molecule has 0 saturated heterocycles. The van der Waals surface area contributed by atoms with E-state index in [4.69, 9.17) is 14.2 Å². The first-order valence-electron chi connectivity index (χ1n) is 8.48. The van der Waals surface area contributed by atoms with Gasteiger partial charge in [-0.05, 0) is 44.0 Å². The van der Waals surface area contributed by atoms with Crippen LogP contribution in [0.3, 0.4) is 0 Å². The maximum atomic E-state index is 11.7. The molecule has 1 aromatic rings. The van der Waals surface area contributed by atoms with Crippen molar-refractivity contribution in [3.8, 4) is 11.5 Å². The van der Waals surface area contributed by atoms with E-state index in [0.29, 0.717) is 25.5 Å². The summed E-state index contributed by atoms with van der Waals surface area (Å²) in [7, 11) is 0. The molecule has 1 saturated carbocycles. The summed E-state index contributed by atoms with van der Waals surface area (Å²) in [4.78, 5) is 23.3. The Morgan fingerprint density at radius 2 is 1.71 bits per heavy atom. The summed E-state index contributed by atoms with van der Waals surface area (Å²) in [5.74, 6) is 0.910. The van der Waals surface area contributed by atoms with E-state index in [1.54, 1.807) is 0 Å². The van der Waals surface area contributed by atoms with Crippen molar-refractivity contribution < 1.29 is 23.8 Å². The van der Waals surface area contributed by atoms with Gasteiger partial charge in [0.05, 0.1) is 19.1 Å². The first-order chi connectivity index (χ1) is 11.7. The Morgan fingerprint density at radius 1 is 1.08 bits per heavy atom. The Kier molecular flexibility index (Phi) is 7.39. The molecule has 1 fully saturated rings. The zero-order chi connectivity index (χ0) is 17.2. The van der Waals surface area contributed by atoms with Gasteiger partial charge in [0.15, 0.2) is 6.61 Å². The summed E-state index contributed by atoms with van der Waals surface area (Å²) < 4.78 is 15.9. The fourth-order valence-electron chi connectivity index (χ4n) is 2.63. The SMILES string of the molecule is CCOc1ccc(OCCNC(=O)COC(=O)C2CCCC2)cc1. The smallest absolute Gasteiger partial charge is 0.309 e. The number of amides is 1. The third-order valence-electron chi connectivity index (χ3n) is 3.86. The Morgan fingerprint density at radius 3 is 2.33 bits per heavy atom. The van der Waals surface area contributed by atoms with Gasteiger partial charge in [0.2, 0.25) is 0 Å². The molecule has 0 aromatic heterocycles. The second-order valence-corrected chi connectivity index (χ2v) is 5.69. The third kappa shape index (κ3) is 6.10. The van der Waals surface area contributed by atoms with E-state index in [1.165, 1.54) is 0 Å². The van der Waals surface area contributed by atoms with Crippen LogP contribution in [0.5, 0.6) is 11.5 Å². The molecule has 0 bridgehead atoms. The largest absolute Gasteiger partial charge is 0.494 e. The average Bonchev–Trinajstić information content (AvgIpc) is 3.13. The number of benzene rings is 1. The summed E-state index contributed by atoms with van der Waals surface area (Å²) in [6, 6.07) is 7.30. The molecular formula is C18H25NO5. The van der Waals surface area contributed by atoms with Crippen LogP contribution in [-0.4, -0.2) is 38.2 Å². The quantitative estimate of drug-likeness (QED) is 0.554. The second-order valence-electron chi connectivity index (χ2n) is 5.69. The number of rotatable bonds is 9. The highest BCUT2D eigenvalue weighted by Gasteiger charge is 2.24. The predicted molar refractivity (Wildman–Crippen MR) is 89.0 cm³/mol. The van der Waals surface area contributed by atoms with E-state index in [9.17, 15) is 9.59 Å². The summed E-state index contributed by atoms with van der Waals surface area (Å²) >= 11 is 0. The zero-order valence-electron chi connectivity index (χ0n) is 14.1. The minimum absolute atomic E-state index is 0.0270. The number of carbonyl (C=O) groups is 2. The summed E-state index contributed by atoms with van der Waals surface area (Å²) in [6.45, 7) is 3.03. The summed E-state index contributed by atoms with van der Waals surface area (Å²) in [5.41, 5.74) is 0. The zero-order valence-corrected chi connectivity index (χ0v) is 14.1. The van der Waals surface area contributed by atoms with E-state index in [1.807, 2.05) is 31.2 Å². The van der Waals surface area contributed by atoms with Gasteiger partial charge in [0.25, 0.3) is 5.91 Å². The topological polar surface area (TPSA) is 73.9 Å². The molecule has 1 amide bonds. The van der Waals surface area contributed by atoms with Gasteiger partial charge < -0.3 is 19.5 Å². The highest BCUT2D eigenvalue weighted by Crippen LogP contribution is 2.25. The maximum Gasteiger partial charge on any atom is 0.309 e. The highest BCUT2D eigenvalue weighted by molar-refractivity contribution is 5.81. The van der Waals surface area contributed by atoms with Gasteiger partial charge in [-0.2, -0.15) is 0 Å². The first kappa shape index (κ1) is 18.1. The van der Waals surface area contributed by atoms with Crippen LogP contribution in [0.25, 0.3) is 0 Å². The van der Waals surface area contributed by atoms with Gasteiger partial charge in [0, 0.05) is 0 Å². The third-order valence-corrected chi connectivity index (χ3v) is 3.86. The van der Waals surface area contributed by atoms with Gasteiger partial charge in [-0.3, -0.25) is 9.59 Å². The van der Waals surface area contributed by atoms with E-state index >= 15 is 0 Å². The lowest BCUT2D eigenvalue weighted by Crippen LogP contribution is -2.32. The monoisotopic (exact) mass is 335 g/mol. The number of nitrogens with one attached hydrogen (secondary N) is 1. The lowest BCUT2D eigenvalue weighted by atomic mass is 10.1. The molecule has 132 valence electrons. The molecule has 1 N–H and O–H groups in total. The minimum atomic E-state index is -0.309. The van der Waals surface area contributed by atoms with E-state index < -0.39 is 0 Å². The minimum Gasteiger partial charge on any atom is -0.494 e. The molecule has 0 unspecified atom stereocenters. The molecule has 6 nitrogen and oxygen atoms in total. The van der Waals surface area contributed by atoms with Crippen LogP contribution in [0, 0.1) is 5.92 Å². The van der Waals surface area contributed by atoms with Crippen LogP contribution in [0.2, 0.25) is 0 Å². The van der Waals surface area contributed by atoms with Crippen molar-refractivity contribution in [1.82, 2.24) is 5.32 Å². The lowest BCUT2D eigenvalue weighted by molar-refractivity contribution is -0.152. The molecule has 2 rings (SSSR count). The van der Waals surface area contributed by atoms with Crippen molar-refractivity contribution >= 4 is 11.9 Å². The Bertz CT molecular complexity index is 523. The number of hydrogen-bond acceptors (Lipinski definition) is 5. The van der Waals surface area contributed by atoms with Gasteiger partial charge in [-0.25, -0.2) is 0 Å². The van der Waals surface area contributed by atoms with E-state index in [0.717, 1.165) is 31.4 Å². The first-order valence-corrected chi connectivity index (χ1v) is 8.48. The Hall–Kier alpha value is -2.24. The number of hydrogen-bond donors (Lipinski definition) is 1. The van der Waals surface area contributed by atoms with Crippen LogP contribution in [0.15, 0.2) is 24.3 Å². The summed E-state index contributed by atoms with van der Waals surface area (Å²) in [5, 5.41) is 2.66. The molecule has 1 aliphatic rings. The lowest BCUT2D eigenvalue weighted by Gasteiger charge is -2.10. The second kappa shape index (κ2) is 9.80. The maximum absolute atomic E-state index is 11.7. The fraction of sp³-hybridized carbons (Fsp3) is 0.556. The van der Waals surface area contributed by atoms with Crippen molar-refractivity contribution in [2.75, 3.05) is 26.4 Å². The normalized spacial score (nSPS) is 14.2. The standard InChI is InChI=1S/C18H25NO5/c1-2-22-15-7-9-16(10-8-15)23-12-11-19-17(20)13-24-18(21)14-5-3-4-6-14/h7-10,14H,2-6,11-13H2,1H3,(H,19,20). The Labute approximate surface area is 142 Å². The molecule has 1 aromatic carbocycles. The molecule has 0 aliphatic heterocycles. The fourth-order valence-corrected chi connectivity index (χ4v) is 2.63. The van der Waals surface area contributed by atoms with Crippen LogP contribution >= 0.6 is 0 Å². The number of esters is 1. The van der Waals surface area contributed by atoms with Gasteiger partial charge >= 0.3 is 5.97 Å². The van der Waals surface area contributed by atoms with Crippen LogP contribution in [0.4, 0.5) is 0 Å². The predicted octanol–water partition coefficient (Wildman–Crippen LogP) is 2.31. The molecule has 1 aliphatic carbocycles. The van der Waals surface area contributed by atoms with Crippen molar-refractivity contribution in [3.05, 3.63) is 24.3 Å². The van der Waals surface area contributed by atoms with Crippen LogP contribution < -0.4 is 14.8 Å². The van der Waals surface area contributed by atoms with Gasteiger partial charge in [-0.15, -0.1) is 0 Å². The molecule has 24 heavy (non-hydrogen) atoms. The van der Waals surface area contributed by atoms with Crippen molar-refractivity contribution in [2.24, 2.45) is 5.92 Å². The average molecular weight is 335 g/mol. The van der Waals surface area contributed by atoms with Crippen LogP contribution in [-0.2, 0) is 14.3 Å². The number of carbonyl (C=O) groups excluding carboxylic acids is 2. The Balaban J connectivity index is 1.56. The van der Waals surface area contributed by atoms with E-state index in [-0.39, 0.29) is 24.4 Å². The van der Waals surface area contributed by atoms with Crippen molar-refractivity contribution in [2.45, 2.75) is 32.6 Å². The molecule has 0 radical (unpaired) electrons. The van der Waals surface area contributed by atoms with Crippen LogP contribution in [0.1, 0.15) is 32.6 Å².